The van der Waals surface area contributed by atoms with Gasteiger partial charge in [-0.2, -0.15) is 4.98 Å². The SMILES string of the molecule is CCOc1cc2nccn2cc1C(=O)Nc1cccc(OC)n1. The zero-order valence-electron chi connectivity index (χ0n) is 12.8. The van der Waals surface area contributed by atoms with E-state index in [4.69, 9.17) is 9.47 Å². The number of ether oxygens (including phenoxy) is 2. The van der Waals surface area contributed by atoms with Crippen molar-refractivity contribution in [3.8, 4) is 11.6 Å². The van der Waals surface area contributed by atoms with E-state index >= 15 is 0 Å². The molecule has 7 heteroatoms. The molecule has 3 aromatic rings. The first-order valence-electron chi connectivity index (χ1n) is 7.13. The van der Waals surface area contributed by atoms with Crippen molar-refractivity contribution in [3.63, 3.8) is 0 Å². The van der Waals surface area contributed by atoms with Crippen molar-refractivity contribution in [2.45, 2.75) is 6.92 Å². The molecule has 0 aliphatic rings. The van der Waals surface area contributed by atoms with Crippen LogP contribution in [0, 0.1) is 0 Å². The first kappa shape index (κ1) is 14.8. The fraction of sp³-hybridized carbons (Fsp3) is 0.188. The van der Waals surface area contributed by atoms with Gasteiger partial charge in [0.25, 0.3) is 5.91 Å². The maximum atomic E-state index is 12.6. The Morgan fingerprint density at radius 1 is 1.39 bits per heavy atom. The van der Waals surface area contributed by atoms with Gasteiger partial charge in [-0.15, -0.1) is 0 Å². The Bertz CT molecular complexity index is 844. The Labute approximate surface area is 132 Å². The molecule has 0 unspecified atom stereocenters. The first-order valence-corrected chi connectivity index (χ1v) is 7.13. The highest BCUT2D eigenvalue weighted by Gasteiger charge is 2.15. The van der Waals surface area contributed by atoms with Crippen LogP contribution in [0.15, 0.2) is 42.9 Å². The summed E-state index contributed by atoms with van der Waals surface area (Å²) in [7, 11) is 1.52. The number of carbonyl (C=O) groups is 1. The van der Waals surface area contributed by atoms with E-state index in [1.54, 1.807) is 47.3 Å². The van der Waals surface area contributed by atoms with Gasteiger partial charge in [0.05, 0.1) is 19.3 Å². The van der Waals surface area contributed by atoms with E-state index in [1.807, 2.05) is 6.92 Å². The van der Waals surface area contributed by atoms with Crippen molar-refractivity contribution in [2.75, 3.05) is 19.0 Å². The summed E-state index contributed by atoms with van der Waals surface area (Å²) in [6.45, 7) is 2.32. The van der Waals surface area contributed by atoms with E-state index in [9.17, 15) is 4.79 Å². The van der Waals surface area contributed by atoms with E-state index in [0.29, 0.717) is 35.3 Å². The Kier molecular flexibility index (Phi) is 4.09. The van der Waals surface area contributed by atoms with Gasteiger partial charge in [-0.1, -0.05) is 6.07 Å². The first-order chi connectivity index (χ1) is 11.2. The molecule has 0 atom stereocenters. The van der Waals surface area contributed by atoms with E-state index < -0.39 is 0 Å². The number of hydrogen-bond donors (Lipinski definition) is 1. The molecular formula is C16H16N4O3. The molecular weight excluding hydrogens is 296 g/mol. The molecule has 0 radical (unpaired) electrons. The standard InChI is InChI=1S/C16H16N4O3/c1-3-23-12-9-14-17-7-8-20(14)10-11(12)16(21)19-13-5-4-6-15(18-13)22-2/h4-10H,3H2,1-2H3,(H,18,19,21). The van der Waals surface area contributed by atoms with Crippen molar-refractivity contribution in [3.05, 3.63) is 48.4 Å². The minimum Gasteiger partial charge on any atom is -0.493 e. The van der Waals surface area contributed by atoms with Crippen molar-refractivity contribution in [1.82, 2.24) is 14.4 Å². The average Bonchev–Trinajstić information content (AvgIpc) is 3.02. The largest absolute Gasteiger partial charge is 0.493 e. The number of aromatic nitrogens is 3. The minimum absolute atomic E-state index is 0.315. The fourth-order valence-corrected chi connectivity index (χ4v) is 2.17. The molecule has 0 spiro atoms. The number of imidazole rings is 1. The zero-order chi connectivity index (χ0) is 16.2. The second-order valence-electron chi connectivity index (χ2n) is 4.70. The fourth-order valence-electron chi connectivity index (χ4n) is 2.17. The number of carbonyl (C=O) groups excluding carboxylic acids is 1. The van der Waals surface area contributed by atoms with E-state index in [-0.39, 0.29) is 5.91 Å². The monoisotopic (exact) mass is 312 g/mol. The number of anilines is 1. The van der Waals surface area contributed by atoms with Gasteiger partial charge in [-0.05, 0) is 13.0 Å². The Hall–Kier alpha value is -3.09. The maximum Gasteiger partial charge on any atom is 0.262 e. The lowest BCUT2D eigenvalue weighted by molar-refractivity contribution is 0.102. The average molecular weight is 312 g/mol. The van der Waals surface area contributed by atoms with E-state index in [1.165, 1.54) is 7.11 Å². The van der Waals surface area contributed by atoms with E-state index in [2.05, 4.69) is 15.3 Å². The van der Waals surface area contributed by atoms with Crippen molar-refractivity contribution < 1.29 is 14.3 Å². The number of nitrogens with one attached hydrogen (secondary N) is 1. The predicted octanol–water partition coefficient (Wildman–Crippen LogP) is 2.39. The summed E-state index contributed by atoms with van der Waals surface area (Å²) in [6.07, 6.45) is 5.12. The lowest BCUT2D eigenvalue weighted by atomic mass is 10.2. The van der Waals surface area contributed by atoms with Crippen LogP contribution in [0.2, 0.25) is 0 Å². The molecule has 3 rings (SSSR count). The summed E-state index contributed by atoms with van der Waals surface area (Å²) in [5.74, 6) is 0.997. The molecule has 0 saturated heterocycles. The van der Waals surface area contributed by atoms with Crippen LogP contribution in [0.1, 0.15) is 17.3 Å². The molecule has 1 N–H and O–H groups in total. The van der Waals surface area contributed by atoms with Crippen molar-refractivity contribution >= 4 is 17.4 Å². The van der Waals surface area contributed by atoms with Crippen LogP contribution >= 0.6 is 0 Å². The van der Waals surface area contributed by atoms with Crippen LogP contribution in [-0.2, 0) is 0 Å². The highest BCUT2D eigenvalue weighted by atomic mass is 16.5. The minimum atomic E-state index is -0.315. The number of nitrogens with zero attached hydrogens (tertiary/aromatic N) is 3. The predicted molar refractivity (Wildman–Crippen MR) is 85.1 cm³/mol. The molecule has 0 bridgehead atoms. The second kappa shape index (κ2) is 6.35. The lowest BCUT2D eigenvalue weighted by Crippen LogP contribution is -2.15. The highest BCUT2D eigenvalue weighted by Crippen LogP contribution is 2.22. The van der Waals surface area contributed by atoms with Gasteiger partial charge >= 0.3 is 0 Å². The molecule has 23 heavy (non-hydrogen) atoms. The summed E-state index contributed by atoms with van der Waals surface area (Å²) < 4.78 is 12.4. The van der Waals surface area contributed by atoms with Crippen LogP contribution < -0.4 is 14.8 Å². The summed E-state index contributed by atoms with van der Waals surface area (Å²) in [5.41, 5.74) is 1.12. The zero-order valence-corrected chi connectivity index (χ0v) is 12.8. The van der Waals surface area contributed by atoms with Crippen LogP contribution in [-0.4, -0.2) is 34.0 Å². The maximum absolute atomic E-state index is 12.6. The summed E-state index contributed by atoms with van der Waals surface area (Å²) in [6, 6.07) is 6.89. The third-order valence-corrected chi connectivity index (χ3v) is 3.21. The summed E-state index contributed by atoms with van der Waals surface area (Å²) in [4.78, 5) is 20.9. The molecule has 0 aliphatic carbocycles. The highest BCUT2D eigenvalue weighted by molar-refractivity contribution is 6.05. The van der Waals surface area contributed by atoms with Gasteiger partial charge in [-0.25, -0.2) is 4.98 Å². The normalized spacial score (nSPS) is 10.5. The van der Waals surface area contributed by atoms with Gasteiger partial charge in [-0.3, -0.25) is 4.79 Å². The van der Waals surface area contributed by atoms with Gasteiger partial charge in [0, 0.05) is 30.7 Å². The third kappa shape index (κ3) is 3.08. The summed E-state index contributed by atoms with van der Waals surface area (Å²) >= 11 is 0. The number of amides is 1. The number of methoxy groups -OCH3 is 1. The molecule has 0 aromatic carbocycles. The molecule has 0 saturated carbocycles. The van der Waals surface area contributed by atoms with Gasteiger partial charge in [0.1, 0.15) is 17.2 Å². The van der Waals surface area contributed by atoms with Crippen LogP contribution in [0.3, 0.4) is 0 Å². The van der Waals surface area contributed by atoms with Crippen LogP contribution in [0.25, 0.3) is 5.65 Å². The molecule has 0 aliphatic heterocycles. The van der Waals surface area contributed by atoms with E-state index in [0.717, 1.165) is 0 Å². The molecule has 3 heterocycles. The third-order valence-electron chi connectivity index (χ3n) is 3.21. The van der Waals surface area contributed by atoms with Crippen molar-refractivity contribution in [2.24, 2.45) is 0 Å². The Morgan fingerprint density at radius 3 is 3.04 bits per heavy atom. The number of fused-ring (bicyclic) bond motifs is 1. The molecule has 0 fully saturated rings. The lowest BCUT2D eigenvalue weighted by Gasteiger charge is -2.11. The Balaban J connectivity index is 1.93. The van der Waals surface area contributed by atoms with Crippen LogP contribution in [0.5, 0.6) is 11.6 Å². The smallest absolute Gasteiger partial charge is 0.262 e. The molecule has 1 amide bonds. The molecule has 118 valence electrons. The number of pyridine rings is 2. The van der Waals surface area contributed by atoms with Gasteiger partial charge in [0.15, 0.2) is 0 Å². The Morgan fingerprint density at radius 2 is 2.26 bits per heavy atom. The van der Waals surface area contributed by atoms with Crippen LogP contribution in [0.4, 0.5) is 5.82 Å². The summed E-state index contributed by atoms with van der Waals surface area (Å²) in [5, 5.41) is 2.74. The number of rotatable bonds is 5. The van der Waals surface area contributed by atoms with Crippen molar-refractivity contribution in [1.29, 1.82) is 0 Å². The number of hydrogen-bond acceptors (Lipinski definition) is 5. The van der Waals surface area contributed by atoms with Gasteiger partial charge in [0.2, 0.25) is 5.88 Å². The molecule has 7 nitrogen and oxygen atoms in total. The topological polar surface area (TPSA) is 77.8 Å². The quantitative estimate of drug-likeness (QED) is 0.782. The molecule has 3 aromatic heterocycles. The van der Waals surface area contributed by atoms with Gasteiger partial charge < -0.3 is 19.2 Å². The second-order valence-corrected chi connectivity index (χ2v) is 4.70.